The number of hydrogen-bond acceptors (Lipinski definition) is 3. The zero-order chi connectivity index (χ0) is 12.8. The molecule has 0 aromatic heterocycles. The fourth-order valence-corrected chi connectivity index (χ4v) is 1.20. The molecule has 0 aliphatic heterocycles. The number of halogens is 1. The number of ether oxygens (including phenoxy) is 1. The van der Waals surface area contributed by atoms with Crippen LogP contribution in [0.15, 0.2) is 18.2 Å². The monoisotopic (exact) mass is 252 g/mol. The van der Waals surface area contributed by atoms with Gasteiger partial charge in [0.15, 0.2) is 0 Å². The Morgan fingerprint density at radius 1 is 1.47 bits per heavy atom. The van der Waals surface area contributed by atoms with Crippen molar-refractivity contribution in [2.45, 2.75) is 6.92 Å². The second-order valence-corrected chi connectivity index (χ2v) is 3.38. The van der Waals surface area contributed by atoms with Gasteiger partial charge in [0.2, 0.25) is 0 Å². The number of benzene rings is 1. The minimum Gasteiger partial charge on any atom is -0.478 e. The normalized spacial score (nSPS) is 9.06. The number of carbonyl (C=O) groups excluding carboxylic acids is 1. The number of rotatable bonds is 2. The van der Waals surface area contributed by atoms with E-state index < -0.39 is 11.9 Å². The van der Waals surface area contributed by atoms with Crippen LogP contribution in [-0.4, -0.2) is 23.7 Å². The van der Waals surface area contributed by atoms with Crippen molar-refractivity contribution in [1.29, 1.82) is 0 Å². The molecule has 0 fully saturated rings. The molecular formula is C12H9ClO4. The Morgan fingerprint density at radius 3 is 2.76 bits per heavy atom. The van der Waals surface area contributed by atoms with Gasteiger partial charge in [-0.1, -0.05) is 17.5 Å². The van der Waals surface area contributed by atoms with Gasteiger partial charge in [-0.15, -0.1) is 0 Å². The Bertz CT molecular complexity index is 511. The third-order valence-corrected chi connectivity index (χ3v) is 2.12. The summed E-state index contributed by atoms with van der Waals surface area (Å²) in [5.74, 6) is 2.93. The Hall–Kier alpha value is -1.99. The third-order valence-electron chi connectivity index (χ3n) is 1.79. The second-order valence-electron chi connectivity index (χ2n) is 2.97. The molecule has 17 heavy (non-hydrogen) atoms. The van der Waals surface area contributed by atoms with Crippen LogP contribution in [-0.2, 0) is 9.53 Å². The molecule has 0 bridgehead atoms. The van der Waals surface area contributed by atoms with Crippen LogP contribution >= 0.6 is 11.6 Å². The summed E-state index contributed by atoms with van der Waals surface area (Å²) >= 11 is 5.81. The Balaban J connectivity index is 3.01. The molecular weight excluding hydrogens is 244 g/mol. The highest BCUT2D eigenvalue weighted by Crippen LogP contribution is 2.16. The summed E-state index contributed by atoms with van der Waals surface area (Å²) in [5, 5.41) is 9.06. The summed E-state index contributed by atoms with van der Waals surface area (Å²) < 4.78 is 4.61. The van der Waals surface area contributed by atoms with Crippen molar-refractivity contribution in [2.75, 3.05) is 6.61 Å². The van der Waals surface area contributed by atoms with Gasteiger partial charge in [-0.05, 0) is 25.1 Å². The molecule has 0 heterocycles. The van der Waals surface area contributed by atoms with Crippen LogP contribution in [0.1, 0.15) is 22.8 Å². The summed E-state index contributed by atoms with van der Waals surface area (Å²) in [6, 6.07) is 4.08. The van der Waals surface area contributed by atoms with Crippen molar-refractivity contribution >= 4 is 23.5 Å². The first kappa shape index (κ1) is 13.1. The van der Waals surface area contributed by atoms with E-state index in [9.17, 15) is 9.59 Å². The second kappa shape index (κ2) is 5.92. The molecule has 0 atom stereocenters. The first-order valence-corrected chi connectivity index (χ1v) is 5.14. The molecule has 0 saturated carbocycles. The quantitative estimate of drug-likeness (QED) is 0.645. The lowest BCUT2D eigenvalue weighted by Gasteiger charge is -1.98. The number of carbonyl (C=O) groups is 2. The summed E-state index contributed by atoms with van der Waals surface area (Å²) in [7, 11) is 0. The SMILES string of the molecule is CCOC(=O)C#Cc1cc(C(=O)O)ccc1Cl. The molecule has 88 valence electrons. The van der Waals surface area contributed by atoms with Crippen LogP contribution in [0.5, 0.6) is 0 Å². The Labute approximate surface area is 103 Å². The molecule has 1 aromatic rings. The summed E-state index contributed by atoms with van der Waals surface area (Å²) in [4.78, 5) is 21.7. The van der Waals surface area contributed by atoms with Gasteiger partial charge in [-0.2, -0.15) is 0 Å². The summed E-state index contributed by atoms with van der Waals surface area (Å²) in [6.45, 7) is 1.90. The van der Waals surface area contributed by atoms with Gasteiger partial charge < -0.3 is 9.84 Å². The minimum absolute atomic E-state index is 0.0579. The molecule has 0 spiro atoms. The summed E-state index contributed by atoms with van der Waals surface area (Å²) in [5.41, 5.74) is 0.335. The van der Waals surface area contributed by atoms with E-state index in [-0.39, 0.29) is 22.8 Å². The van der Waals surface area contributed by atoms with Gasteiger partial charge in [0.25, 0.3) is 0 Å². The van der Waals surface area contributed by atoms with E-state index in [0.29, 0.717) is 0 Å². The van der Waals surface area contributed by atoms with E-state index in [1.54, 1.807) is 6.92 Å². The van der Waals surface area contributed by atoms with Gasteiger partial charge in [-0.25, -0.2) is 9.59 Å². The van der Waals surface area contributed by atoms with Gasteiger partial charge in [0, 0.05) is 11.5 Å². The van der Waals surface area contributed by atoms with Crippen LogP contribution < -0.4 is 0 Å². The van der Waals surface area contributed by atoms with Crippen LogP contribution in [0.3, 0.4) is 0 Å². The van der Waals surface area contributed by atoms with Crippen molar-refractivity contribution in [3.63, 3.8) is 0 Å². The maximum absolute atomic E-state index is 11.0. The van der Waals surface area contributed by atoms with E-state index in [1.165, 1.54) is 18.2 Å². The molecule has 0 radical (unpaired) electrons. The third kappa shape index (κ3) is 3.82. The van der Waals surface area contributed by atoms with E-state index in [1.807, 2.05) is 0 Å². The predicted octanol–water partition coefficient (Wildman–Crippen LogP) is 1.95. The molecule has 5 heteroatoms. The highest BCUT2D eigenvalue weighted by atomic mass is 35.5. The average Bonchev–Trinajstić information content (AvgIpc) is 2.28. The van der Waals surface area contributed by atoms with Gasteiger partial charge >= 0.3 is 11.9 Å². The van der Waals surface area contributed by atoms with Crippen molar-refractivity contribution in [1.82, 2.24) is 0 Å². The number of hydrogen-bond donors (Lipinski definition) is 1. The van der Waals surface area contributed by atoms with E-state index >= 15 is 0 Å². The highest BCUT2D eigenvalue weighted by molar-refractivity contribution is 6.31. The molecule has 0 aliphatic carbocycles. The van der Waals surface area contributed by atoms with Crippen LogP contribution in [0, 0.1) is 11.8 Å². The molecule has 1 rings (SSSR count). The Kier molecular flexibility index (Phi) is 4.56. The van der Waals surface area contributed by atoms with Gasteiger partial charge in [0.1, 0.15) is 0 Å². The number of esters is 1. The van der Waals surface area contributed by atoms with E-state index in [4.69, 9.17) is 16.7 Å². The van der Waals surface area contributed by atoms with Crippen molar-refractivity contribution in [3.8, 4) is 11.8 Å². The Morgan fingerprint density at radius 2 is 2.18 bits per heavy atom. The number of carboxylic acid groups (broad SMARTS) is 1. The predicted molar refractivity (Wildman–Crippen MR) is 61.9 cm³/mol. The molecule has 4 nitrogen and oxygen atoms in total. The molecule has 0 aliphatic rings. The fraction of sp³-hybridized carbons (Fsp3) is 0.167. The van der Waals surface area contributed by atoms with E-state index in [2.05, 4.69) is 16.6 Å². The molecule has 1 aromatic carbocycles. The molecule has 0 amide bonds. The zero-order valence-electron chi connectivity index (χ0n) is 8.99. The van der Waals surface area contributed by atoms with Crippen LogP contribution in [0.2, 0.25) is 5.02 Å². The average molecular weight is 253 g/mol. The smallest absolute Gasteiger partial charge is 0.384 e. The van der Waals surface area contributed by atoms with E-state index in [0.717, 1.165) is 0 Å². The van der Waals surface area contributed by atoms with Crippen molar-refractivity contribution in [3.05, 3.63) is 34.3 Å². The maximum Gasteiger partial charge on any atom is 0.384 e. The fourth-order valence-electron chi connectivity index (χ4n) is 1.04. The first-order chi connectivity index (χ1) is 8.04. The lowest BCUT2D eigenvalue weighted by molar-refractivity contribution is -0.136. The lowest BCUT2D eigenvalue weighted by Crippen LogP contribution is -2.00. The molecule has 0 unspecified atom stereocenters. The van der Waals surface area contributed by atoms with Crippen molar-refractivity contribution in [2.24, 2.45) is 0 Å². The largest absolute Gasteiger partial charge is 0.478 e. The van der Waals surface area contributed by atoms with Crippen LogP contribution in [0.4, 0.5) is 0 Å². The van der Waals surface area contributed by atoms with Gasteiger partial charge in [0.05, 0.1) is 17.2 Å². The molecule has 1 N–H and O–H groups in total. The number of carboxylic acids is 1. The van der Waals surface area contributed by atoms with Crippen LogP contribution in [0.25, 0.3) is 0 Å². The summed E-state index contributed by atoms with van der Waals surface area (Å²) in [6.07, 6.45) is 0. The van der Waals surface area contributed by atoms with Crippen molar-refractivity contribution < 1.29 is 19.4 Å². The molecule has 0 saturated heterocycles. The minimum atomic E-state index is -1.08. The standard InChI is InChI=1S/C12H9ClO4/c1-2-17-11(14)6-4-8-7-9(12(15)16)3-5-10(8)13/h3,5,7H,2H2,1H3,(H,15,16). The number of aromatic carboxylic acids is 1. The highest BCUT2D eigenvalue weighted by Gasteiger charge is 2.05. The topological polar surface area (TPSA) is 63.6 Å². The lowest BCUT2D eigenvalue weighted by atomic mass is 10.1. The first-order valence-electron chi connectivity index (χ1n) is 4.76. The van der Waals surface area contributed by atoms with Gasteiger partial charge in [-0.3, -0.25) is 0 Å². The maximum atomic E-state index is 11.0. The zero-order valence-corrected chi connectivity index (χ0v) is 9.75.